The largest absolute Gasteiger partial charge is 0.508 e. The summed E-state index contributed by atoms with van der Waals surface area (Å²) in [6.07, 6.45) is 0.401. The maximum atomic E-state index is 12.5. The molecule has 0 saturated carbocycles. The van der Waals surface area contributed by atoms with E-state index in [-0.39, 0.29) is 41.8 Å². The van der Waals surface area contributed by atoms with Gasteiger partial charge in [0, 0.05) is 24.7 Å². The summed E-state index contributed by atoms with van der Waals surface area (Å²) < 4.78 is 10.5. The third-order valence-corrected chi connectivity index (χ3v) is 4.06. The molecule has 0 spiro atoms. The molecule has 0 aromatic heterocycles. The maximum Gasteiger partial charge on any atom is 0.286 e. The van der Waals surface area contributed by atoms with Crippen molar-refractivity contribution in [3.63, 3.8) is 0 Å². The molecule has 0 heterocycles. The van der Waals surface area contributed by atoms with Gasteiger partial charge in [-0.3, -0.25) is 19.7 Å². The van der Waals surface area contributed by atoms with Crippen molar-refractivity contribution in [3.8, 4) is 17.2 Å². The molecule has 10 heteroatoms. The van der Waals surface area contributed by atoms with E-state index >= 15 is 0 Å². The summed E-state index contributed by atoms with van der Waals surface area (Å²) in [4.78, 5) is 35.1. The normalized spacial score (nSPS) is 10.2. The number of nitrogens with one attached hydrogen (secondary N) is 2. The van der Waals surface area contributed by atoms with Crippen LogP contribution in [0.2, 0.25) is 0 Å². The zero-order valence-corrected chi connectivity index (χ0v) is 16.6. The molecule has 3 N–H and O–H groups in total. The zero-order valence-electron chi connectivity index (χ0n) is 16.6. The van der Waals surface area contributed by atoms with Gasteiger partial charge in [0.05, 0.1) is 24.7 Å². The summed E-state index contributed by atoms with van der Waals surface area (Å²) in [5.41, 5.74) is -0.227. The summed E-state index contributed by atoms with van der Waals surface area (Å²) in [7, 11) is 1.35. The van der Waals surface area contributed by atoms with E-state index < -0.39 is 16.5 Å². The molecule has 0 fully saturated rings. The average Bonchev–Trinajstić information content (AvgIpc) is 2.72. The Kier molecular flexibility index (Phi) is 7.98. The molecule has 30 heavy (non-hydrogen) atoms. The Morgan fingerprint density at radius 3 is 2.40 bits per heavy atom. The van der Waals surface area contributed by atoms with E-state index in [4.69, 9.17) is 9.47 Å². The molecule has 2 aromatic rings. The first kappa shape index (κ1) is 22.5. The molecule has 10 nitrogen and oxygen atoms in total. The lowest BCUT2D eigenvalue weighted by Crippen LogP contribution is -2.30. The summed E-state index contributed by atoms with van der Waals surface area (Å²) in [6, 6.07) is 8.35. The number of carbonyl (C=O) groups excluding carboxylic acids is 2. The number of carbonyl (C=O) groups is 2. The standard InChI is InChI=1S/C20H23N3O7/c1-3-30-18-11-15(16(23(27)28)12-17(18)29-2)20(26)22-9-5-8-21-19(25)13-6-4-7-14(24)10-13/h4,6-7,10-12,24H,3,5,8-9H2,1-2H3,(H,21,25)(H,22,26). The van der Waals surface area contributed by atoms with Crippen LogP contribution in [-0.2, 0) is 0 Å². The van der Waals surface area contributed by atoms with E-state index in [9.17, 15) is 24.8 Å². The summed E-state index contributed by atoms with van der Waals surface area (Å²) in [6.45, 7) is 2.50. The molecule has 0 bridgehead atoms. The highest BCUT2D eigenvalue weighted by molar-refractivity contribution is 5.99. The van der Waals surface area contributed by atoms with Gasteiger partial charge in [0.2, 0.25) is 0 Å². The minimum Gasteiger partial charge on any atom is -0.508 e. The predicted molar refractivity (Wildman–Crippen MR) is 108 cm³/mol. The van der Waals surface area contributed by atoms with Crippen LogP contribution in [-0.4, -0.2) is 48.7 Å². The van der Waals surface area contributed by atoms with Crippen LogP contribution in [0.15, 0.2) is 36.4 Å². The Balaban J connectivity index is 1.94. The Bertz CT molecular complexity index is 931. The Morgan fingerprint density at radius 1 is 1.10 bits per heavy atom. The van der Waals surface area contributed by atoms with Crippen LogP contribution in [0, 0.1) is 10.1 Å². The van der Waals surface area contributed by atoms with E-state index in [0.717, 1.165) is 6.07 Å². The lowest BCUT2D eigenvalue weighted by atomic mass is 10.1. The van der Waals surface area contributed by atoms with Gasteiger partial charge in [-0.1, -0.05) is 6.07 Å². The van der Waals surface area contributed by atoms with E-state index in [2.05, 4.69) is 10.6 Å². The molecule has 0 aliphatic heterocycles. The molecular weight excluding hydrogens is 394 g/mol. The van der Waals surface area contributed by atoms with Crippen LogP contribution >= 0.6 is 0 Å². The molecule has 2 rings (SSSR count). The van der Waals surface area contributed by atoms with Gasteiger partial charge >= 0.3 is 0 Å². The lowest BCUT2D eigenvalue weighted by molar-refractivity contribution is -0.385. The van der Waals surface area contributed by atoms with Gasteiger partial charge < -0.3 is 25.2 Å². The van der Waals surface area contributed by atoms with Gasteiger partial charge in [-0.2, -0.15) is 0 Å². The molecule has 0 saturated heterocycles. The first-order valence-corrected chi connectivity index (χ1v) is 9.22. The van der Waals surface area contributed by atoms with Gasteiger partial charge in [0.15, 0.2) is 11.5 Å². The number of methoxy groups -OCH3 is 1. The van der Waals surface area contributed by atoms with Crippen molar-refractivity contribution >= 4 is 17.5 Å². The van der Waals surface area contributed by atoms with Crippen molar-refractivity contribution in [2.75, 3.05) is 26.8 Å². The van der Waals surface area contributed by atoms with Crippen LogP contribution in [0.1, 0.15) is 34.1 Å². The molecule has 2 aromatic carbocycles. The molecule has 160 valence electrons. The highest BCUT2D eigenvalue weighted by Crippen LogP contribution is 2.34. The first-order chi connectivity index (χ1) is 14.4. The van der Waals surface area contributed by atoms with E-state index in [1.54, 1.807) is 19.1 Å². The molecule has 0 aliphatic carbocycles. The van der Waals surface area contributed by atoms with Crippen molar-refractivity contribution in [3.05, 3.63) is 57.6 Å². The number of nitro benzene ring substituents is 1. The average molecular weight is 417 g/mol. The topological polar surface area (TPSA) is 140 Å². The second-order valence-corrected chi connectivity index (χ2v) is 6.13. The fourth-order valence-corrected chi connectivity index (χ4v) is 2.65. The minimum atomic E-state index is -0.664. The minimum absolute atomic E-state index is 0.0116. The van der Waals surface area contributed by atoms with Gasteiger partial charge in [0.25, 0.3) is 17.5 Å². The number of benzene rings is 2. The van der Waals surface area contributed by atoms with E-state index in [1.165, 1.54) is 25.3 Å². The van der Waals surface area contributed by atoms with E-state index in [0.29, 0.717) is 18.6 Å². The molecule has 0 atom stereocenters. The number of hydrogen-bond acceptors (Lipinski definition) is 7. The number of phenols is 1. The summed E-state index contributed by atoms with van der Waals surface area (Å²) in [5, 5.41) is 26.0. The Labute approximate surface area is 173 Å². The van der Waals surface area contributed by atoms with Crippen molar-refractivity contribution < 1.29 is 29.1 Å². The quantitative estimate of drug-likeness (QED) is 0.306. The lowest BCUT2D eigenvalue weighted by Gasteiger charge is -2.12. The van der Waals surface area contributed by atoms with Gasteiger partial charge in [-0.05, 0) is 31.5 Å². The zero-order chi connectivity index (χ0) is 22.1. The summed E-state index contributed by atoms with van der Waals surface area (Å²) >= 11 is 0. The highest BCUT2D eigenvalue weighted by Gasteiger charge is 2.24. The van der Waals surface area contributed by atoms with Gasteiger partial charge in [-0.15, -0.1) is 0 Å². The second kappa shape index (κ2) is 10.6. The Morgan fingerprint density at radius 2 is 1.80 bits per heavy atom. The summed E-state index contributed by atoms with van der Waals surface area (Å²) in [5.74, 6) is -0.611. The van der Waals surface area contributed by atoms with Crippen molar-refractivity contribution in [1.82, 2.24) is 10.6 Å². The fourth-order valence-electron chi connectivity index (χ4n) is 2.65. The van der Waals surface area contributed by atoms with Crippen molar-refractivity contribution in [2.45, 2.75) is 13.3 Å². The highest BCUT2D eigenvalue weighted by atomic mass is 16.6. The first-order valence-electron chi connectivity index (χ1n) is 9.22. The monoisotopic (exact) mass is 417 g/mol. The number of rotatable bonds is 10. The third-order valence-electron chi connectivity index (χ3n) is 4.06. The number of aromatic hydroxyl groups is 1. The Hall–Kier alpha value is -3.82. The number of amides is 2. The SMILES string of the molecule is CCOc1cc(C(=O)NCCCNC(=O)c2cccc(O)c2)c([N+](=O)[O-])cc1OC. The maximum absolute atomic E-state index is 12.5. The van der Waals surface area contributed by atoms with Gasteiger partial charge in [-0.25, -0.2) is 0 Å². The molecule has 2 amide bonds. The molecule has 0 aliphatic rings. The van der Waals surface area contributed by atoms with Crippen LogP contribution in [0.3, 0.4) is 0 Å². The number of hydrogen-bond donors (Lipinski definition) is 3. The number of ether oxygens (including phenoxy) is 2. The van der Waals surface area contributed by atoms with Crippen LogP contribution in [0.25, 0.3) is 0 Å². The number of phenolic OH excluding ortho intramolecular Hbond substituents is 1. The second-order valence-electron chi connectivity index (χ2n) is 6.13. The smallest absolute Gasteiger partial charge is 0.286 e. The number of nitro groups is 1. The van der Waals surface area contributed by atoms with Crippen LogP contribution < -0.4 is 20.1 Å². The third kappa shape index (κ3) is 5.84. The molecule has 0 unspecified atom stereocenters. The molecular formula is C20H23N3O7. The number of nitrogens with zero attached hydrogens (tertiary/aromatic N) is 1. The van der Waals surface area contributed by atoms with Crippen LogP contribution in [0.4, 0.5) is 5.69 Å². The van der Waals surface area contributed by atoms with Gasteiger partial charge in [0.1, 0.15) is 11.3 Å². The predicted octanol–water partition coefficient (Wildman–Crippen LogP) is 2.26. The van der Waals surface area contributed by atoms with Crippen molar-refractivity contribution in [2.24, 2.45) is 0 Å². The van der Waals surface area contributed by atoms with E-state index in [1.807, 2.05) is 0 Å². The molecule has 0 radical (unpaired) electrons. The fraction of sp³-hybridized carbons (Fsp3) is 0.300. The van der Waals surface area contributed by atoms with Crippen LogP contribution in [0.5, 0.6) is 17.2 Å². The van der Waals surface area contributed by atoms with Crippen molar-refractivity contribution in [1.29, 1.82) is 0 Å².